The fraction of sp³-hybridized carbons (Fsp3) is 0.762. The number of piperidine rings is 1. The van der Waals surface area contributed by atoms with E-state index in [9.17, 15) is 4.79 Å². The normalized spacial score (nSPS) is 24.7. The number of carbonyl (C=O) groups excluding carboxylic acids is 1. The number of likely N-dealkylation sites (tertiary alicyclic amines) is 1. The van der Waals surface area contributed by atoms with Crippen molar-refractivity contribution in [3.63, 3.8) is 0 Å². The number of ether oxygens (including phenoxy) is 1. The monoisotopic (exact) mass is 372 g/mol. The number of aromatic nitrogens is 2. The van der Waals surface area contributed by atoms with Crippen LogP contribution < -0.4 is 4.90 Å². The highest BCUT2D eigenvalue weighted by Crippen LogP contribution is 2.43. The van der Waals surface area contributed by atoms with E-state index < -0.39 is 0 Å². The van der Waals surface area contributed by atoms with Crippen LogP contribution in [0.4, 0.5) is 5.82 Å². The second-order valence-corrected chi connectivity index (χ2v) is 8.55. The zero-order chi connectivity index (χ0) is 18.9. The predicted molar refractivity (Wildman–Crippen MR) is 105 cm³/mol. The van der Waals surface area contributed by atoms with Crippen molar-refractivity contribution in [3.8, 4) is 0 Å². The molecular weight excluding hydrogens is 340 g/mol. The van der Waals surface area contributed by atoms with Gasteiger partial charge in [-0.25, -0.2) is 9.97 Å². The molecule has 1 aromatic rings. The van der Waals surface area contributed by atoms with E-state index in [4.69, 9.17) is 9.72 Å². The van der Waals surface area contributed by atoms with Gasteiger partial charge in [0.1, 0.15) is 11.6 Å². The largest absolute Gasteiger partial charge is 0.384 e. The number of carbonyl (C=O) groups is 1. The third kappa shape index (κ3) is 3.68. The number of aryl methyl sites for hydroxylation is 1. The number of amides is 1. The SMILES string of the molecule is COCC1(C(=O)N2CCC[C@@H](c3cc(N4CCCC4)nc(C)n3)C2)CCC1. The average molecular weight is 373 g/mol. The third-order valence-electron chi connectivity index (χ3n) is 6.59. The van der Waals surface area contributed by atoms with Gasteiger partial charge in [-0.1, -0.05) is 6.42 Å². The zero-order valence-electron chi connectivity index (χ0n) is 16.7. The van der Waals surface area contributed by atoms with Crippen molar-refractivity contribution >= 4 is 11.7 Å². The predicted octanol–water partition coefficient (Wildman–Crippen LogP) is 2.91. The summed E-state index contributed by atoms with van der Waals surface area (Å²) >= 11 is 0. The van der Waals surface area contributed by atoms with Crippen molar-refractivity contribution in [2.75, 3.05) is 44.8 Å². The van der Waals surface area contributed by atoms with Crippen LogP contribution in [0.3, 0.4) is 0 Å². The molecule has 2 saturated heterocycles. The first kappa shape index (κ1) is 18.7. The maximum atomic E-state index is 13.2. The first-order valence-electron chi connectivity index (χ1n) is 10.5. The van der Waals surface area contributed by atoms with Crippen molar-refractivity contribution in [2.24, 2.45) is 5.41 Å². The van der Waals surface area contributed by atoms with Crippen LogP contribution in [-0.2, 0) is 9.53 Å². The van der Waals surface area contributed by atoms with Crippen LogP contribution in [0.1, 0.15) is 62.4 Å². The molecule has 4 rings (SSSR count). The Morgan fingerprint density at radius 2 is 1.96 bits per heavy atom. The van der Waals surface area contributed by atoms with Crippen LogP contribution in [0.15, 0.2) is 6.07 Å². The number of anilines is 1. The van der Waals surface area contributed by atoms with Crippen molar-refractivity contribution in [3.05, 3.63) is 17.6 Å². The molecule has 0 aromatic carbocycles. The molecular formula is C21H32N4O2. The fourth-order valence-corrected chi connectivity index (χ4v) is 4.93. The number of hydrogen-bond acceptors (Lipinski definition) is 5. The highest BCUT2D eigenvalue weighted by Gasteiger charge is 2.47. The summed E-state index contributed by atoms with van der Waals surface area (Å²) in [5.41, 5.74) is 0.843. The Balaban J connectivity index is 1.50. The summed E-state index contributed by atoms with van der Waals surface area (Å²) in [6.45, 7) is 6.36. The van der Waals surface area contributed by atoms with Crippen molar-refractivity contribution < 1.29 is 9.53 Å². The first-order valence-corrected chi connectivity index (χ1v) is 10.5. The molecule has 3 heterocycles. The molecule has 6 heteroatoms. The Bertz CT molecular complexity index is 683. The van der Waals surface area contributed by atoms with Gasteiger partial charge in [0.2, 0.25) is 5.91 Å². The molecule has 3 fully saturated rings. The van der Waals surface area contributed by atoms with Crippen LogP contribution >= 0.6 is 0 Å². The molecule has 1 amide bonds. The quantitative estimate of drug-likeness (QED) is 0.795. The molecule has 3 aliphatic rings. The van der Waals surface area contributed by atoms with E-state index in [1.54, 1.807) is 7.11 Å². The second kappa shape index (κ2) is 7.74. The topological polar surface area (TPSA) is 58.6 Å². The molecule has 2 aliphatic heterocycles. The number of nitrogens with zero attached hydrogens (tertiary/aromatic N) is 4. The molecule has 148 valence electrons. The molecule has 1 saturated carbocycles. The number of hydrogen-bond donors (Lipinski definition) is 0. The van der Waals surface area contributed by atoms with E-state index in [0.29, 0.717) is 18.4 Å². The van der Waals surface area contributed by atoms with E-state index in [1.165, 1.54) is 12.8 Å². The van der Waals surface area contributed by atoms with E-state index in [2.05, 4.69) is 20.9 Å². The lowest BCUT2D eigenvalue weighted by Gasteiger charge is -2.45. The van der Waals surface area contributed by atoms with Crippen LogP contribution in [0.2, 0.25) is 0 Å². The second-order valence-electron chi connectivity index (χ2n) is 8.55. The molecule has 6 nitrogen and oxygen atoms in total. The van der Waals surface area contributed by atoms with Gasteiger partial charge in [0.05, 0.1) is 17.7 Å². The third-order valence-corrected chi connectivity index (χ3v) is 6.59. The summed E-state index contributed by atoms with van der Waals surface area (Å²) in [6, 6.07) is 2.17. The van der Waals surface area contributed by atoms with Gasteiger partial charge >= 0.3 is 0 Å². The Morgan fingerprint density at radius 3 is 2.63 bits per heavy atom. The van der Waals surface area contributed by atoms with Gasteiger partial charge < -0.3 is 14.5 Å². The van der Waals surface area contributed by atoms with E-state index in [0.717, 1.165) is 75.6 Å². The van der Waals surface area contributed by atoms with Crippen molar-refractivity contribution in [2.45, 2.75) is 57.8 Å². The van der Waals surface area contributed by atoms with Gasteiger partial charge in [-0.05, 0) is 45.4 Å². The van der Waals surface area contributed by atoms with Crippen LogP contribution in [-0.4, -0.2) is 60.7 Å². The molecule has 0 spiro atoms. The lowest BCUT2D eigenvalue weighted by molar-refractivity contribution is -0.153. The maximum Gasteiger partial charge on any atom is 0.231 e. The lowest BCUT2D eigenvalue weighted by atomic mass is 9.68. The zero-order valence-corrected chi connectivity index (χ0v) is 16.7. The molecule has 0 radical (unpaired) electrons. The maximum absolute atomic E-state index is 13.2. The Kier molecular flexibility index (Phi) is 5.35. The minimum atomic E-state index is -0.265. The van der Waals surface area contributed by atoms with Gasteiger partial charge in [0.15, 0.2) is 0 Å². The summed E-state index contributed by atoms with van der Waals surface area (Å²) in [6.07, 6.45) is 7.69. The minimum Gasteiger partial charge on any atom is -0.384 e. The average Bonchev–Trinajstić information content (AvgIpc) is 3.18. The molecule has 0 N–H and O–H groups in total. The molecule has 1 aromatic heterocycles. The van der Waals surface area contributed by atoms with Gasteiger partial charge in [-0.15, -0.1) is 0 Å². The van der Waals surface area contributed by atoms with E-state index in [1.807, 2.05) is 6.92 Å². The smallest absolute Gasteiger partial charge is 0.231 e. The summed E-state index contributed by atoms with van der Waals surface area (Å²) in [5, 5.41) is 0. The van der Waals surface area contributed by atoms with E-state index in [-0.39, 0.29) is 5.41 Å². The number of rotatable bonds is 5. The highest BCUT2D eigenvalue weighted by atomic mass is 16.5. The molecule has 1 aliphatic carbocycles. The van der Waals surface area contributed by atoms with Crippen molar-refractivity contribution in [1.29, 1.82) is 0 Å². The van der Waals surface area contributed by atoms with Crippen molar-refractivity contribution in [1.82, 2.24) is 14.9 Å². The first-order chi connectivity index (χ1) is 13.1. The molecule has 27 heavy (non-hydrogen) atoms. The number of methoxy groups -OCH3 is 1. The van der Waals surface area contributed by atoms with Gasteiger partial charge in [0.25, 0.3) is 0 Å². The van der Waals surface area contributed by atoms with Crippen LogP contribution in [0.5, 0.6) is 0 Å². The molecule has 0 unspecified atom stereocenters. The highest BCUT2D eigenvalue weighted by molar-refractivity contribution is 5.84. The standard InChI is InChI=1S/C21H32N4O2/c1-16-22-18(13-19(23-16)24-10-3-4-11-24)17-7-5-12-25(14-17)20(26)21(15-27-2)8-6-9-21/h13,17H,3-12,14-15H2,1-2H3/t17-/m1/s1. The van der Waals surface area contributed by atoms with Gasteiger partial charge in [0, 0.05) is 45.3 Å². The molecule has 1 atom stereocenters. The lowest BCUT2D eigenvalue weighted by Crippen LogP contribution is -2.52. The minimum absolute atomic E-state index is 0.265. The summed E-state index contributed by atoms with van der Waals surface area (Å²) in [4.78, 5) is 27.1. The Morgan fingerprint density at radius 1 is 1.19 bits per heavy atom. The van der Waals surface area contributed by atoms with Crippen LogP contribution in [0, 0.1) is 12.3 Å². The summed E-state index contributed by atoms with van der Waals surface area (Å²) in [7, 11) is 1.70. The Hall–Kier alpha value is -1.69. The Labute approximate surface area is 162 Å². The van der Waals surface area contributed by atoms with Crippen LogP contribution in [0.25, 0.3) is 0 Å². The summed E-state index contributed by atoms with van der Waals surface area (Å²) in [5.74, 6) is 2.51. The molecule has 0 bridgehead atoms. The summed E-state index contributed by atoms with van der Waals surface area (Å²) < 4.78 is 5.39. The fourth-order valence-electron chi connectivity index (χ4n) is 4.93. The van der Waals surface area contributed by atoms with Gasteiger partial charge in [-0.3, -0.25) is 4.79 Å². The van der Waals surface area contributed by atoms with E-state index >= 15 is 0 Å². The van der Waals surface area contributed by atoms with Gasteiger partial charge in [-0.2, -0.15) is 0 Å².